The van der Waals surface area contributed by atoms with Crippen LogP contribution in [0.2, 0.25) is 5.02 Å². The number of hydrogen-bond donors (Lipinski definition) is 3. The molecule has 7 heteroatoms. The van der Waals surface area contributed by atoms with Gasteiger partial charge in [-0.2, -0.15) is 5.12 Å². The average Bonchev–Trinajstić information content (AvgIpc) is 2.98. The average molecular weight is 360 g/mol. The first kappa shape index (κ1) is 17.0. The minimum atomic E-state index is -0.408. The molecule has 3 N–H and O–H groups in total. The molecule has 0 unspecified atom stereocenters. The number of anilines is 3. The highest BCUT2D eigenvalue weighted by atomic mass is 35.5. The van der Waals surface area contributed by atoms with Crippen LogP contribution in [0.4, 0.5) is 17.1 Å². The SMILES string of the molecule is C=C(C)C(=O)OCCc1ccc(O)c(N2Nc3ccc(Cl)cc3N2)c1. The Hall–Kier alpha value is -2.86. The van der Waals surface area contributed by atoms with Gasteiger partial charge >= 0.3 is 5.97 Å². The molecule has 0 saturated heterocycles. The van der Waals surface area contributed by atoms with Gasteiger partial charge in [0.15, 0.2) is 0 Å². The molecule has 25 heavy (non-hydrogen) atoms. The van der Waals surface area contributed by atoms with E-state index in [0.717, 1.165) is 16.9 Å². The summed E-state index contributed by atoms with van der Waals surface area (Å²) in [6.07, 6.45) is 0.527. The number of carbonyl (C=O) groups excluding carboxylic acids is 1. The fourth-order valence-corrected chi connectivity index (χ4v) is 2.56. The van der Waals surface area contributed by atoms with Crippen molar-refractivity contribution >= 4 is 34.6 Å². The highest BCUT2D eigenvalue weighted by Gasteiger charge is 2.21. The topological polar surface area (TPSA) is 73.8 Å². The van der Waals surface area contributed by atoms with Crippen LogP contribution in [0.15, 0.2) is 48.6 Å². The van der Waals surface area contributed by atoms with Crippen molar-refractivity contribution in [3.05, 3.63) is 59.1 Å². The van der Waals surface area contributed by atoms with Crippen molar-refractivity contribution in [2.75, 3.05) is 22.6 Å². The number of phenolic OH excluding ortho intramolecular Hbond substituents is 1. The summed E-state index contributed by atoms with van der Waals surface area (Å²) in [7, 11) is 0. The predicted octanol–water partition coefficient (Wildman–Crippen LogP) is 3.88. The molecule has 6 nitrogen and oxygen atoms in total. The van der Waals surface area contributed by atoms with Gasteiger partial charge in [0, 0.05) is 17.0 Å². The first-order valence-electron chi connectivity index (χ1n) is 7.71. The van der Waals surface area contributed by atoms with E-state index in [1.165, 1.54) is 0 Å². The molecular weight excluding hydrogens is 342 g/mol. The van der Waals surface area contributed by atoms with Crippen LogP contribution in [-0.2, 0) is 16.0 Å². The Labute approximate surface area is 150 Å². The van der Waals surface area contributed by atoms with Crippen molar-refractivity contribution in [1.29, 1.82) is 0 Å². The molecule has 2 aromatic rings. The normalized spacial score (nSPS) is 12.2. The number of nitrogens with one attached hydrogen (secondary N) is 2. The summed E-state index contributed by atoms with van der Waals surface area (Å²) in [6.45, 7) is 5.39. The van der Waals surface area contributed by atoms with E-state index in [4.69, 9.17) is 16.3 Å². The highest BCUT2D eigenvalue weighted by Crippen LogP contribution is 2.36. The molecule has 2 aromatic carbocycles. The molecule has 130 valence electrons. The standard InChI is InChI=1S/C18H18ClN3O3/c1-11(2)18(24)25-8-7-12-3-6-17(23)16(9-12)22-20-14-5-4-13(19)10-15(14)21-22/h3-6,9-10,20-21,23H,1,7-8H2,2H3. The van der Waals surface area contributed by atoms with E-state index < -0.39 is 5.97 Å². The lowest BCUT2D eigenvalue weighted by atomic mass is 10.1. The largest absolute Gasteiger partial charge is 0.506 e. The summed E-state index contributed by atoms with van der Waals surface area (Å²) >= 11 is 6.00. The van der Waals surface area contributed by atoms with E-state index in [1.807, 2.05) is 12.1 Å². The van der Waals surface area contributed by atoms with Crippen LogP contribution < -0.4 is 16.0 Å². The Morgan fingerprint density at radius 3 is 2.76 bits per heavy atom. The van der Waals surface area contributed by atoms with E-state index in [-0.39, 0.29) is 12.4 Å². The molecule has 0 radical (unpaired) electrons. The van der Waals surface area contributed by atoms with Gasteiger partial charge in [0.25, 0.3) is 0 Å². The molecular formula is C18H18ClN3O3. The number of benzene rings is 2. The second kappa shape index (κ2) is 6.94. The van der Waals surface area contributed by atoms with E-state index in [9.17, 15) is 9.90 Å². The molecule has 1 aliphatic heterocycles. The second-order valence-electron chi connectivity index (χ2n) is 5.74. The molecule has 0 bridgehead atoms. The lowest BCUT2D eigenvalue weighted by Gasteiger charge is -2.20. The first-order valence-corrected chi connectivity index (χ1v) is 8.09. The molecule has 3 rings (SSSR count). The molecule has 0 aliphatic carbocycles. The number of fused-ring (bicyclic) bond motifs is 1. The Balaban J connectivity index is 1.70. The molecule has 0 spiro atoms. The van der Waals surface area contributed by atoms with Crippen molar-refractivity contribution in [3.63, 3.8) is 0 Å². The van der Waals surface area contributed by atoms with Gasteiger partial charge < -0.3 is 9.84 Å². The molecule has 1 aliphatic rings. The minimum absolute atomic E-state index is 0.113. The Morgan fingerprint density at radius 1 is 1.24 bits per heavy atom. The zero-order chi connectivity index (χ0) is 18.0. The Bertz CT molecular complexity index is 838. The summed E-state index contributed by atoms with van der Waals surface area (Å²) in [5.41, 5.74) is 9.77. The van der Waals surface area contributed by atoms with Gasteiger partial charge in [0.2, 0.25) is 0 Å². The van der Waals surface area contributed by atoms with E-state index in [2.05, 4.69) is 17.4 Å². The van der Waals surface area contributed by atoms with Crippen LogP contribution in [0.25, 0.3) is 0 Å². The number of nitrogens with zero attached hydrogens (tertiary/aromatic N) is 1. The van der Waals surface area contributed by atoms with E-state index in [1.54, 1.807) is 36.3 Å². The van der Waals surface area contributed by atoms with Gasteiger partial charge in [0.1, 0.15) is 11.4 Å². The van der Waals surface area contributed by atoms with Gasteiger partial charge in [-0.1, -0.05) is 24.2 Å². The van der Waals surface area contributed by atoms with Crippen molar-refractivity contribution in [1.82, 2.24) is 0 Å². The number of esters is 1. The summed E-state index contributed by atoms with van der Waals surface area (Å²) in [5, 5.41) is 12.4. The van der Waals surface area contributed by atoms with Crippen LogP contribution >= 0.6 is 11.6 Å². The molecule has 0 aromatic heterocycles. The van der Waals surface area contributed by atoms with Crippen molar-refractivity contribution in [2.24, 2.45) is 0 Å². The summed E-state index contributed by atoms with van der Waals surface area (Å²) in [6, 6.07) is 10.6. The monoisotopic (exact) mass is 359 g/mol. The molecule has 0 fully saturated rings. The maximum absolute atomic E-state index is 11.4. The first-order chi connectivity index (χ1) is 11.9. The number of hydrogen-bond acceptors (Lipinski definition) is 6. The van der Waals surface area contributed by atoms with E-state index >= 15 is 0 Å². The van der Waals surface area contributed by atoms with Crippen LogP contribution in [0, 0.1) is 0 Å². The quantitative estimate of drug-likeness (QED) is 0.555. The number of halogens is 1. The second-order valence-corrected chi connectivity index (χ2v) is 6.17. The van der Waals surface area contributed by atoms with Gasteiger partial charge in [-0.15, -0.1) is 0 Å². The number of aromatic hydroxyl groups is 1. The lowest BCUT2D eigenvalue weighted by molar-refractivity contribution is -0.138. The van der Waals surface area contributed by atoms with Gasteiger partial charge in [-0.3, -0.25) is 10.9 Å². The number of rotatable bonds is 5. The molecule has 0 saturated carbocycles. The summed E-state index contributed by atoms with van der Waals surface area (Å²) in [5.74, 6) is -0.296. The van der Waals surface area contributed by atoms with Crippen molar-refractivity contribution in [3.8, 4) is 5.75 Å². The third kappa shape index (κ3) is 3.80. The predicted molar refractivity (Wildman–Crippen MR) is 98.8 cm³/mol. The fraction of sp³-hybridized carbons (Fsp3) is 0.167. The molecule has 0 atom stereocenters. The summed E-state index contributed by atoms with van der Waals surface area (Å²) < 4.78 is 5.11. The molecule has 0 amide bonds. The number of ether oxygens (including phenoxy) is 1. The third-order valence-corrected chi connectivity index (χ3v) is 3.93. The number of hydrazine groups is 2. The number of carbonyl (C=O) groups is 1. The van der Waals surface area contributed by atoms with Gasteiger partial charge in [0.05, 0.1) is 18.0 Å². The zero-order valence-electron chi connectivity index (χ0n) is 13.7. The summed E-state index contributed by atoms with van der Waals surface area (Å²) in [4.78, 5) is 11.4. The van der Waals surface area contributed by atoms with Crippen LogP contribution in [-0.4, -0.2) is 17.7 Å². The maximum atomic E-state index is 11.4. The molecule has 1 heterocycles. The number of phenols is 1. The van der Waals surface area contributed by atoms with Crippen LogP contribution in [0.3, 0.4) is 0 Å². The van der Waals surface area contributed by atoms with Crippen LogP contribution in [0.5, 0.6) is 5.75 Å². The van der Waals surface area contributed by atoms with Crippen molar-refractivity contribution < 1.29 is 14.6 Å². The lowest BCUT2D eigenvalue weighted by Crippen LogP contribution is -2.29. The van der Waals surface area contributed by atoms with Crippen molar-refractivity contribution in [2.45, 2.75) is 13.3 Å². The maximum Gasteiger partial charge on any atom is 0.333 e. The van der Waals surface area contributed by atoms with E-state index in [0.29, 0.717) is 22.7 Å². The van der Waals surface area contributed by atoms with Crippen LogP contribution in [0.1, 0.15) is 12.5 Å². The third-order valence-electron chi connectivity index (χ3n) is 3.70. The fourth-order valence-electron chi connectivity index (χ4n) is 2.38. The Kier molecular flexibility index (Phi) is 4.72. The minimum Gasteiger partial charge on any atom is -0.506 e. The highest BCUT2D eigenvalue weighted by molar-refractivity contribution is 6.31. The van der Waals surface area contributed by atoms with Gasteiger partial charge in [-0.25, -0.2) is 4.79 Å². The Morgan fingerprint density at radius 2 is 2.00 bits per heavy atom. The van der Waals surface area contributed by atoms with Gasteiger partial charge in [-0.05, 0) is 42.8 Å². The smallest absolute Gasteiger partial charge is 0.333 e. The zero-order valence-corrected chi connectivity index (χ0v) is 14.4.